The van der Waals surface area contributed by atoms with Gasteiger partial charge in [-0.15, -0.1) is 0 Å². The van der Waals surface area contributed by atoms with Gasteiger partial charge in [-0.05, 0) is 24.6 Å². The van der Waals surface area contributed by atoms with Crippen LogP contribution in [0.5, 0.6) is 5.75 Å². The Hall–Kier alpha value is -1.80. The molecule has 0 saturated carbocycles. The maximum atomic E-state index is 12.3. The zero-order valence-corrected chi connectivity index (χ0v) is 28.4. The molecule has 0 spiro atoms. The highest BCUT2D eigenvalue weighted by Gasteiger charge is 2.18. The first-order valence-electron chi connectivity index (χ1n) is 14.9. The molecule has 0 saturated heterocycles. The van der Waals surface area contributed by atoms with Crippen molar-refractivity contribution >= 4 is 39.1 Å². The van der Waals surface area contributed by atoms with Crippen LogP contribution >= 0.6 is 21.6 Å². The molecule has 1 unspecified atom stereocenters. The van der Waals surface area contributed by atoms with Crippen molar-refractivity contribution in [2.45, 2.75) is 58.1 Å². The molecule has 10 nitrogen and oxygen atoms in total. The van der Waals surface area contributed by atoms with Crippen molar-refractivity contribution in [3.8, 4) is 5.75 Å². The molecular formula is C31H53N3O7S2. The minimum atomic E-state index is -0.259. The monoisotopic (exact) mass is 643 g/mol. The van der Waals surface area contributed by atoms with Gasteiger partial charge in [0.1, 0.15) is 24.4 Å². The summed E-state index contributed by atoms with van der Waals surface area (Å²) in [4.78, 5) is 24.2. The standard InChI is InChI=1S/C31H53N3O7S2/c1-7-32-15-17-38-19-18-37-16-13-28(35)34-26-11-8-12-27(22-26)41-24-30(42-43-31(4,5)6)40-21-20-39-23-29(36)33-14-9-10-25(2)3/h8-12,22,25,30,32H,7,13-21,23-24H2,1-6H3,(H,33,36)(H,34,35)/b10-9+. The van der Waals surface area contributed by atoms with Crippen LogP contribution in [-0.2, 0) is 28.5 Å². The SMILES string of the molecule is CCNCCOCCOCCC(=O)Nc1cccc(OCC(OCCOCC(=O)NC/C=C/C(C)C)SSC(C)(C)C)c1. The molecule has 1 aromatic rings. The van der Waals surface area contributed by atoms with E-state index >= 15 is 0 Å². The largest absolute Gasteiger partial charge is 0.490 e. The molecule has 0 radical (unpaired) electrons. The van der Waals surface area contributed by atoms with Gasteiger partial charge in [0.2, 0.25) is 11.8 Å². The Kier molecular flexibility index (Phi) is 22.4. The van der Waals surface area contributed by atoms with Crippen molar-refractivity contribution in [2.24, 2.45) is 5.92 Å². The number of amides is 2. The smallest absolute Gasteiger partial charge is 0.246 e. The fourth-order valence-corrected chi connectivity index (χ4v) is 5.32. The maximum Gasteiger partial charge on any atom is 0.246 e. The fourth-order valence-electron chi connectivity index (χ4n) is 3.13. The lowest BCUT2D eigenvalue weighted by Gasteiger charge is -2.22. The summed E-state index contributed by atoms with van der Waals surface area (Å²) < 4.78 is 28.5. The number of ether oxygens (including phenoxy) is 5. The molecule has 246 valence electrons. The number of hydrogen-bond acceptors (Lipinski definition) is 10. The first-order chi connectivity index (χ1) is 20.6. The van der Waals surface area contributed by atoms with E-state index in [-0.39, 0.29) is 35.0 Å². The first kappa shape index (κ1) is 39.2. The molecule has 2 amide bonds. The summed E-state index contributed by atoms with van der Waals surface area (Å²) in [6.45, 7) is 17.7. The van der Waals surface area contributed by atoms with Crippen molar-refractivity contribution in [1.29, 1.82) is 0 Å². The van der Waals surface area contributed by atoms with E-state index in [9.17, 15) is 9.59 Å². The number of benzene rings is 1. The van der Waals surface area contributed by atoms with Crippen LogP contribution in [0.25, 0.3) is 0 Å². The van der Waals surface area contributed by atoms with E-state index in [2.05, 4.69) is 57.5 Å². The molecule has 1 atom stereocenters. The van der Waals surface area contributed by atoms with Crippen LogP contribution in [0.2, 0.25) is 0 Å². The second-order valence-corrected chi connectivity index (χ2v) is 14.0. The summed E-state index contributed by atoms with van der Waals surface area (Å²) >= 11 is 0. The fraction of sp³-hybridized carbons (Fsp3) is 0.677. The van der Waals surface area contributed by atoms with Crippen molar-refractivity contribution in [3.05, 3.63) is 36.4 Å². The van der Waals surface area contributed by atoms with Crippen LogP contribution in [0.4, 0.5) is 5.69 Å². The van der Waals surface area contributed by atoms with Crippen molar-refractivity contribution in [3.63, 3.8) is 0 Å². The number of likely N-dealkylation sites (N-methyl/N-ethyl adjacent to an activating group) is 1. The Morgan fingerprint density at radius 1 is 0.977 bits per heavy atom. The lowest BCUT2D eigenvalue weighted by Crippen LogP contribution is -2.28. The molecule has 0 aliphatic rings. The summed E-state index contributed by atoms with van der Waals surface area (Å²) in [7, 11) is 3.30. The molecule has 0 heterocycles. The van der Waals surface area contributed by atoms with Crippen LogP contribution in [0, 0.1) is 5.92 Å². The van der Waals surface area contributed by atoms with E-state index in [1.807, 2.05) is 30.4 Å². The van der Waals surface area contributed by atoms with Crippen LogP contribution in [0.1, 0.15) is 48.0 Å². The predicted molar refractivity (Wildman–Crippen MR) is 178 cm³/mol. The summed E-state index contributed by atoms with van der Waals surface area (Å²) in [5.74, 6) is 0.778. The molecule has 0 fully saturated rings. The van der Waals surface area contributed by atoms with Crippen LogP contribution in [-0.4, -0.2) is 94.5 Å². The maximum absolute atomic E-state index is 12.3. The zero-order chi connectivity index (χ0) is 31.8. The van der Waals surface area contributed by atoms with Crippen molar-refractivity contribution in [2.75, 3.05) is 77.8 Å². The van der Waals surface area contributed by atoms with Crippen molar-refractivity contribution < 1.29 is 33.3 Å². The first-order valence-corrected chi connectivity index (χ1v) is 17.2. The normalized spacial score (nSPS) is 12.5. The van der Waals surface area contributed by atoms with Gasteiger partial charge in [0, 0.05) is 29.6 Å². The van der Waals surface area contributed by atoms with Gasteiger partial charge < -0.3 is 39.6 Å². The second-order valence-electron chi connectivity index (χ2n) is 10.8. The van der Waals surface area contributed by atoms with E-state index in [0.717, 1.165) is 13.1 Å². The molecule has 0 aromatic heterocycles. The van der Waals surface area contributed by atoms with Gasteiger partial charge in [-0.3, -0.25) is 9.59 Å². The molecule has 1 aromatic carbocycles. The molecule has 0 aliphatic heterocycles. The number of hydrogen-bond donors (Lipinski definition) is 3. The highest BCUT2D eigenvalue weighted by Crippen LogP contribution is 2.38. The van der Waals surface area contributed by atoms with Gasteiger partial charge in [-0.25, -0.2) is 0 Å². The number of anilines is 1. The third-order valence-corrected chi connectivity index (χ3v) is 8.65. The Morgan fingerprint density at radius 2 is 1.72 bits per heavy atom. The third-order valence-electron chi connectivity index (χ3n) is 5.13. The number of rotatable bonds is 25. The molecule has 12 heteroatoms. The van der Waals surface area contributed by atoms with Crippen molar-refractivity contribution in [1.82, 2.24) is 10.6 Å². The lowest BCUT2D eigenvalue weighted by atomic mass is 10.2. The number of allylic oxidation sites excluding steroid dienone is 1. The summed E-state index contributed by atoms with van der Waals surface area (Å²) in [5, 5.41) is 8.87. The van der Waals surface area contributed by atoms with Gasteiger partial charge in [0.05, 0.1) is 46.1 Å². The molecule has 1 rings (SSSR count). The van der Waals surface area contributed by atoms with Gasteiger partial charge in [0.15, 0.2) is 0 Å². The van der Waals surface area contributed by atoms with E-state index in [1.165, 1.54) is 0 Å². The summed E-state index contributed by atoms with van der Waals surface area (Å²) in [6.07, 6.45) is 4.23. The Bertz CT molecular complexity index is 914. The molecule has 3 N–H and O–H groups in total. The topological polar surface area (TPSA) is 116 Å². The minimum absolute atomic E-state index is 0.0139. The van der Waals surface area contributed by atoms with Crippen LogP contribution < -0.4 is 20.7 Å². The van der Waals surface area contributed by atoms with Crippen LogP contribution in [0.3, 0.4) is 0 Å². The number of carbonyl (C=O) groups is 2. The molecule has 43 heavy (non-hydrogen) atoms. The van der Waals surface area contributed by atoms with Gasteiger partial charge >= 0.3 is 0 Å². The lowest BCUT2D eigenvalue weighted by molar-refractivity contribution is -0.126. The molecule has 0 aliphatic carbocycles. The zero-order valence-electron chi connectivity index (χ0n) is 26.8. The average Bonchev–Trinajstić information content (AvgIpc) is 2.95. The Morgan fingerprint density at radius 3 is 2.44 bits per heavy atom. The van der Waals surface area contributed by atoms with E-state index < -0.39 is 0 Å². The van der Waals surface area contributed by atoms with E-state index in [4.69, 9.17) is 23.7 Å². The second kappa shape index (κ2) is 24.5. The van der Waals surface area contributed by atoms with E-state index in [1.54, 1.807) is 27.7 Å². The molecule has 0 bridgehead atoms. The highest BCUT2D eigenvalue weighted by molar-refractivity contribution is 8.77. The number of nitrogens with one attached hydrogen (secondary N) is 3. The Balaban J connectivity index is 2.39. The van der Waals surface area contributed by atoms with Gasteiger partial charge in [-0.1, -0.05) is 81.3 Å². The Labute approximate surface area is 266 Å². The number of carbonyl (C=O) groups excluding carboxylic acids is 2. The minimum Gasteiger partial charge on any atom is -0.490 e. The summed E-state index contributed by atoms with van der Waals surface area (Å²) in [5.41, 5.74) is 0.389. The third kappa shape index (κ3) is 24.2. The van der Waals surface area contributed by atoms with Gasteiger partial charge in [-0.2, -0.15) is 0 Å². The van der Waals surface area contributed by atoms with E-state index in [0.29, 0.717) is 70.1 Å². The van der Waals surface area contributed by atoms with Gasteiger partial charge in [0.25, 0.3) is 0 Å². The molecular weight excluding hydrogens is 590 g/mol. The highest BCUT2D eigenvalue weighted by atomic mass is 33.1. The summed E-state index contributed by atoms with van der Waals surface area (Å²) in [6, 6.07) is 7.27. The predicted octanol–water partition coefficient (Wildman–Crippen LogP) is 4.90. The average molecular weight is 644 g/mol. The quantitative estimate of drug-likeness (QED) is 0.0588. The van der Waals surface area contributed by atoms with Crippen LogP contribution in [0.15, 0.2) is 36.4 Å².